The predicted octanol–water partition coefficient (Wildman–Crippen LogP) is 0.873. The average Bonchev–Trinajstić information content (AvgIpc) is 2.96. The minimum Gasteiger partial charge on any atom is -0.338 e. The van der Waals surface area contributed by atoms with Gasteiger partial charge in [0, 0.05) is 19.3 Å². The van der Waals surface area contributed by atoms with Crippen LogP contribution in [0.3, 0.4) is 0 Å². The lowest BCUT2D eigenvalue weighted by Crippen LogP contribution is -2.34. The highest BCUT2D eigenvalue weighted by molar-refractivity contribution is 5.88. The number of amides is 2. The van der Waals surface area contributed by atoms with E-state index in [4.69, 9.17) is 0 Å². The Morgan fingerprint density at radius 3 is 3.24 bits per heavy atom. The summed E-state index contributed by atoms with van der Waals surface area (Å²) in [5.41, 5.74) is 0.684. The van der Waals surface area contributed by atoms with Gasteiger partial charge >= 0.3 is 6.03 Å². The van der Waals surface area contributed by atoms with Crippen LogP contribution in [0.1, 0.15) is 13.3 Å². The van der Waals surface area contributed by atoms with Crippen molar-refractivity contribution < 1.29 is 4.79 Å². The monoisotopic (exact) mass is 237 g/mol. The molecule has 1 atom stereocenters. The molecule has 2 rings (SSSR count). The Morgan fingerprint density at radius 1 is 1.71 bits per heavy atom. The van der Waals surface area contributed by atoms with Gasteiger partial charge in [-0.05, 0) is 25.4 Å². The fourth-order valence-electron chi connectivity index (χ4n) is 2.10. The first-order chi connectivity index (χ1) is 8.28. The molecule has 1 fully saturated rings. The standard InChI is InChI=1S/C11H19N5O/c1-2-16-4-3-9(8-16)5-12-11(17)15-10-6-13-14-7-10/h6-7,9H,2-5,8H2,1H3,(H,13,14)(H2,12,15,17). The van der Waals surface area contributed by atoms with Crippen molar-refractivity contribution in [2.75, 3.05) is 31.5 Å². The molecule has 0 saturated carbocycles. The normalized spacial score (nSPS) is 20.4. The van der Waals surface area contributed by atoms with Gasteiger partial charge in [0.05, 0.1) is 11.9 Å². The molecule has 2 amide bonds. The molecule has 1 saturated heterocycles. The molecule has 6 heteroatoms. The molecular formula is C11H19N5O. The average molecular weight is 237 g/mol. The molecule has 1 unspecified atom stereocenters. The number of H-pyrrole nitrogens is 1. The van der Waals surface area contributed by atoms with Crippen LogP contribution in [0.15, 0.2) is 12.4 Å². The lowest BCUT2D eigenvalue weighted by Gasteiger charge is -2.13. The zero-order chi connectivity index (χ0) is 12.1. The third-order valence-corrected chi connectivity index (χ3v) is 3.12. The maximum atomic E-state index is 11.5. The smallest absolute Gasteiger partial charge is 0.319 e. The molecule has 0 aromatic carbocycles. The number of hydrogen-bond acceptors (Lipinski definition) is 3. The van der Waals surface area contributed by atoms with Gasteiger partial charge in [-0.2, -0.15) is 5.10 Å². The lowest BCUT2D eigenvalue weighted by molar-refractivity contribution is 0.250. The first-order valence-corrected chi connectivity index (χ1v) is 6.04. The van der Waals surface area contributed by atoms with Crippen molar-refractivity contribution in [2.45, 2.75) is 13.3 Å². The van der Waals surface area contributed by atoms with Gasteiger partial charge < -0.3 is 15.5 Å². The summed E-state index contributed by atoms with van der Waals surface area (Å²) < 4.78 is 0. The Balaban J connectivity index is 1.67. The Morgan fingerprint density at radius 2 is 2.59 bits per heavy atom. The zero-order valence-corrected chi connectivity index (χ0v) is 10.1. The van der Waals surface area contributed by atoms with E-state index in [1.807, 2.05) is 0 Å². The second kappa shape index (κ2) is 5.67. The van der Waals surface area contributed by atoms with Gasteiger partial charge in [-0.15, -0.1) is 0 Å². The summed E-state index contributed by atoms with van der Waals surface area (Å²) in [5, 5.41) is 12.0. The van der Waals surface area contributed by atoms with Crippen LogP contribution in [-0.2, 0) is 0 Å². The van der Waals surface area contributed by atoms with Crippen molar-refractivity contribution in [3.63, 3.8) is 0 Å². The van der Waals surface area contributed by atoms with Gasteiger partial charge in [0.1, 0.15) is 0 Å². The third-order valence-electron chi connectivity index (χ3n) is 3.12. The summed E-state index contributed by atoms with van der Waals surface area (Å²) in [6, 6.07) is -0.165. The van der Waals surface area contributed by atoms with Crippen LogP contribution < -0.4 is 10.6 Å². The van der Waals surface area contributed by atoms with Gasteiger partial charge in [0.15, 0.2) is 0 Å². The van der Waals surface area contributed by atoms with Crippen LogP contribution in [0.4, 0.5) is 10.5 Å². The number of aromatic amines is 1. The number of carbonyl (C=O) groups excluding carboxylic acids is 1. The lowest BCUT2D eigenvalue weighted by atomic mass is 10.1. The summed E-state index contributed by atoms with van der Waals surface area (Å²) in [6.07, 6.45) is 4.39. The Bertz CT molecular complexity index is 351. The predicted molar refractivity (Wildman–Crippen MR) is 65.8 cm³/mol. The molecule has 0 bridgehead atoms. The third kappa shape index (κ3) is 3.45. The molecule has 94 valence electrons. The van der Waals surface area contributed by atoms with Crippen LogP contribution in [0.25, 0.3) is 0 Å². The highest BCUT2D eigenvalue weighted by atomic mass is 16.2. The molecule has 1 aromatic heterocycles. The molecule has 1 aliphatic rings. The van der Waals surface area contributed by atoms with Crippen LogP contribution in [-0.4, -0.2) is 47.3 Å². The van der Waals surface area contributed by atoms with Crippen LogP contribution in [0.2, 0.25) is 0 Å². The molecular weight excluding hydrogens is 218 g/mol. The molecule has 1 aromatic rings. The Hall–Kier alpha value is -1.56. The summed E-state index contributed by atoms with van der Waals surface area (Å²) >= 11 is 0. The number of rotatable bonds is 4. The van der Waals surface area contributed by atoms with E-state index in [0.717, 1.165) is 26.2 Å². The minimum absolute atomic E-state index is 0.165. The summed E-state index contributed by atoms with van der Waals surface area (Å²) in [7, 11) is 0. The van der Waals surface area contributed by atoms with Crippen molar-refractivity contribution in [1.82, 2.24) is 20.4 Å². The van der Waals surface area contributed by atoms with Crippen molar-refractivity contribution in [2.24, 2.45) is 5.92 Å². The van der Waals surface area contributed by atoms with E-state index in [1.165, 1.54) is 6.42 Å². The molecule has 3 N–H and O–H groups in total. The van der Waals surface area contributed by atoms with E-state index in [9.17, 15) is 4.79 Å². The quantitative estimate of drug-likeness (QED) is 0.727. The Labute approximate surface area is 101 Å². The highest BCUT2D eigenvalue weighted by Crippen LogP contribution is 2.14. The number of likely N-dealkylation sites (tertiary alicyclic amines) is 1. The first kappa shape index (κ1) is 11.9. The van der Waals surface area contributed by atoms with Gasteiger partial charge in [0.2, 0.25) is 0 Å². The fraction of sp³-hybridized carbons (Fsp3) is 0.636. The number of urea groups is 1. The van der Waals surface area contributed by atoms with E-state index in [0.29, 0.717) is 11.6 Å². The molecule has 2 heterocycles. The van der Waals surface area contributed by atoms with Crippen molar-refractivity contribution >= 4 is 11.7 Å². The number of anilines is 1. The molecule has 1 aliphatic heterocycles. The molecule has 0 radical (unpaired) electrons. The summed E-state index contributed by atoms with van der Waals surface area (Å²) in [5.74, 6) is 0.574. The van der Waals surface area contributed by atoms with E-state index in [1.54, 1.807) is 12.4 Å². The fourth-order valence-corrected chi connectivity index (χ4v) is 2.10. The van der Waals surface area contributed by atoms with Crippen molar-refractivity contribution in [1.29, 1.82) is 0 Å². The highest BCUT2D eigenvalue weighted by Gasteiger charge is 2.21. The first-order valence-electron chi connectivity index (χ1n) is 6.04. The van der Waals surface area contributed by atoms with Crippen molar-refractivity contribution in [3.05, 3.63) is 12.4 Å². The van der Waals surface area contributed by atoms with E-state index in [-0.39, 0.29) is 6.03 Å². The molecule has 0 spiro atoms. The van der Waals surface area contributed by atoms with E-state index in [2.05, 4.69) is 32.7 Å². The van der Waals surface area contributed by atoms with Gasteiger partial charge in [-0.3, -0.25) is 5.10 Å². The van der Waals surface area contributed by atoms with Crippen LogP contribution >= 0.6 is 0 Å². The number of nitrogens with one attached hydrogen (secondary N) is 3. The second-order valence-corrected chi connectivity index (χ2v) is 4.37. The Kier molecular flexibility index (Phi) is 3.98. The van der Waals surface area contributed by atoms with Gasteiger partial charge in [-0.1, -0.05) is 6.92 Å². The topological polar surface area (TPSA) is 73.1 Å². The van der Waals surface area contributed by atoms with E-state index < -0.39 is 0 Å². The largest absolute Gasteiger partial charge is 0.338 e. The number of nitrogens with zero attached hydrogens (tertiary/aromatic N) is 2. The van der Waals surface area contributed by atoms with Gasteiger partial charge in [0.25, 0.3) is 0 Å². The second-order valence-electron chi connectivity index (χ2n) is 4.37. The number of hydrogen-bond donors (Lipinski definition) is 3. The van der Waals surface area contributed by atoms with Crippen molar-refractivity contribution in [3.8, 4) is 0 Å². The van der Waals surface area contributed by atoms with E-state index >= 15 is 0 Å². The molecule has 17 heavy (non-hydrogen) atoms. The maximum Gasteiger partial charge on any atom is 0.319 e. The van der Waals surface area contributed by atoms with Crippen LogP contribution in [0.5, 0.6) is 0 Å². The SMILES string of the molecule is CCN1CCC(CNC(=O)Nc2cn[nH]c2)C1. The van der Waals surface area contributed by atoms with Gasteiger partial charge in [-0.25, -0.2) is 4.79 Å². The summed E-state index contributed by atoms with van der Waals surface area (Å²) in [4.78, 5) is 13.9. The maximum absolute atomic E-state index is 11.5. The zero-order valence-electron chi connectivity index (χ0n) is 10.1. The minimum atomic E-state index is -0.165. The molecule has 0 aliphatic carbocycles. The molecule has 6 nitrogen and oxygen atoms in total. The number of aromatic nitrogens is 2. The number of carbonyl (C=O) groups is 1. The summed E-state index contributed by atoms with van der Waals surface area (Å²) in [6.45, 7) is 6.23. The van der Waals surface area contributed by atoms with Crippen LogP contribution in [0, 0.1) is 5.92 Å².